The highest BCUT2D eigenvalue weighted by Gasteiger charge is 2.30. The second kappa shape index (κ2) is 9.27. The number of hydrogen-bond acceptors (Lipinski definition) is 5. The lowest BCUT2D eigenvalue weighted by Crippen LogP contribution is -2.24. The van der Waals surface area contributed by atoms with Crippen molar-refractivity contribution in [1.29, 1.82) is 0 Å². The number of unbranched alkanes of at least 4 members (excludes halogenated alkanes) is 1. The maximum absolute atomic E-state index is 14.5. The molecule has 0 bridgehead atoms. The molecular weight excluding hydrogens is 426 g/mol. The summed E-state index contributed by atoms with van der Waals surface area (Å²) >= 11 is 0. The van der Waals surface area contributed by atoms with Crippen LogP contribution in [0.4, 0.5) is 14.6 Å². The van der Waals surface area contributed by atoms with Gasteiger partial charge in [0, 0.05) is 38.2 Å². The van der Waals surface area contributed by atoms with E-state index in [4.69, 9.17) is 9.72 Å². The van der Waals surface area contributed by atoms with Crippen molar-refractivity contribution >= 4 is 11.5 Å². The predicted octanol–water partition coefficient (Wildman–Crippen LogP) is 4.50. The zero-order valence-corrected chi connectivity index (χ0v) is 18.5. The Balaban J connectivity index is 1.43. The third-order valence-electron chi connectivity index (χ3n) is 6.15. The smallest absolute Gasteiger partial charge is 0.183 e. The van der Waals surface area contributed by atoms with E-state index in [-0.39, 0.29) is 6.04 Å². The molecule has 0 radical (unpaired) electrons. The van der Waals surface area contributed by atoms with Gasteiger partial charge in [-0.15, -0.1) is 0 Å². The number of nitrogens with zero attached hydrogens (tertiary/aromatic N) is 6. The number of methoxy groups -OCH3 is 1. The highest BCUT2D eigenvalue weighted by molar-refractivity contribution is 5.61. The molecule has 1 aliphatic heterocycles. The van der Waals surface area contributed by atoms with Gasteiger partial charge in [-0.05, 0) is 61.9 Å². The number of benzene rings is 1. The van der Waals surface area contributed by atoms with E-state index >= 15 is 0 Å². The Labute approximate surface area is 190 Å². The van der Waals surface area contributed by atoms with Gasteiger partial charge in [0.2, 0.25) is 0 Å². The van der Waals surface area contributed by atoms with Crippen molar-refractivity contribution in [3.8, 4) is 5.69 Å². The average molecular weight is 453 g/mol. The number of aromatic nitrogens is 5. The van der Waals surface area contributed by atoms with E-state index in [1.54, 1.807) is 22.5 Å². The van der Waals surface area contributed by atoms with Crippen LogP contribution < -0.4 is 4.90 Å². The molecule has 4 heterocycles. The molecule has 172 valence electrons. The van der Waals surface area contributed by atoms with E-state index in [0.29, 0.717) is 17.0 Å². The maximum Gasteiger partial charge on any atom is 0.183 e. The van der Waals surface area contributed by atoms with Gasteiger partial charge < -0.3 is 9.64 Å². The molecule has 4 aromatic rings. The minimum atomic E-state index is -0.434. The molecule has 33 heavy (non-hydrogen) atoms. The maximum atomic E-state index is 14.5. The minimum absolute atomic E-state index is 0.259. The standard InChI is InChI=1S/C24H26F2N6O/c1-33-12-3-2-5-17-14-27-32(16-17)22-15-28-31-11-9-23(29-24(22)31)30-10-4-6-21(30)19-13-18(25)7-8-20(19)26/h7-9,11,13-16,21H,2-6,10,12H2,1H3/t21-/m1/s1. The van der Waals surface area contributed by atoms with Gasteiger partial charge in [-0.25, -0.2) is 23.0 Å². The van der Waals surface area contributed by atoms with Crippen LogP contribution in [0.2, 0.25) is 0 Å². The second-order valence-electron chi connectivity index (χ2n) is 8.34. The quantitative estimate of drug-likeness (QED) is 0.368. The Hall–Kier alpha value is -3.33. The molecule has 0 saturated carbocycles. The first-order valence-electron chi connectivity index (χ1n) is 11.2. The molecule has 5 rings (SSSR count). The Kier molecular flexibility index (Phi) is 6.04. The van der Waals surface area contributed by atoms with Gasteiger partial charge in [0.1, 0.15) is 23.1 Å². The lowest BCUT2D eigenvalue weighted by atomic mass is 10.0. The minimum Gasteiger partial charge on any atom is -0.385 e. The fourth-order valence-electron chi connectivity index (χ4n) is 4.50. The van der Waals surface area contributed by atoms with Crippen LogP contribution in [0.15, 0.2) is 49.1 Å². The first kappa shape index (κ1) is 21.5. The molecule has 0 spiro atoms. The largest absolute Gasteiger partial charge is 0.385 e. The van der Waals surface area contributed by atoms with E-state index in [9.17, 15) is 8.78 Å². The number of fused-ring (bicyclic) bond motifs is 1. The van der Waals surface area contributed by atoms with Crippen LogP contribution in [0.3, 0.4) is 0 Å². The molecule has 0 amide bonds. The second-order valence-corrected chi connectivity index (χ2v) is 8.34. The Morgan fingerprint density at radius 1 is 1.12 bits per heavy atom. The van der Waals surface area contributed by atoms with E-state index in [1.165, 1.54) is 12.1 Å². The zero-order valence-electron chi connectivity index (χ0n) is 18.5. The molecular formula is C24H26F2N6O. The molecule has 1 atom stereocenters. The summed E-state index contributed by atoms with van der Waals surface area (Å²) in [5, 5.41) is 8.92. The molecule has 0 unspecified atom stereocenters. The van der Waals surface area contributed by atoms with Crippen molar-refractivity contribution in [2.24, 2.45) is 0 Å². The number of anilines is 1. The van der Waals surface area contributed by atoms with Gasteiger partial charge in [-0.1, -0.05) is 0 Å². The fourth-order valence-corrected chi connectivity index (χ4v) is 4.50. The van der Waals surface area contributed by atoms with Crippen molar-refractivity contribution < 1.29 is 13.5 Å². The molecule has 1 saturated heterocycles. The molecule has 7 nitrogen and oxygen atoms in total. The van der Waals surface area contributed by atoms with Crippen LogP contribution in [-0.2, 0) is 11.2 Å². The van der Waals surface area contributed by atoms with Crippen LogP contribution in [0.1, 0.15) is 42.9 Å². The molecule has 1 aliphatic rings. The normalized spacial score (nSPS) is 16.2. The number of halogens is 2. The topological polar surface area (TPSA) is 60.5 Å². The summed E-state index contributed by atoms with van der Waals surface area (Å²) in [6, 6.07) is 5.24. The third-order valence-corrected chi connectivity index (χ3v) is 6.15. The lowest BCUT2D eigenvalue weighted by molar-refractivity contribution is 0.193. The number of hydrogen-bond donors (Lipinski definition) is 0. The van der Waals surface area contributed by atoms with E-state index in [0.717, 1.165) is 62.6 Å². The van der Waals surface area contributed by atoms with Gasteiger partial charge in [-0.2, -0.15) is 10.2 Å². The molecule has 0 aliphatic carbocycles. The Morgan fingerprint density at radius 3 is 2.91 bits per heavy atom. The van der Waals surface area contributed by atoms with Gasteiger partial charge in [0.25, 0.3) is 0 Å². The molecule has 1 aromatic carbocycles. The summed E-state index contributed by atoms with van der Waals surface area (Å²) in [6.45, 7) is 1.48. The molecule has 3 aromatic heterocycles. The third kappa shape index (κ3) is 4.32. The summed E-state index contributed by atoms with van der Waals surface area (Å²) in [5.74, 6) is -0.118. The Bertz CT molecular complexity index is 1250. The number of aryl methyl sites for hydroxylation is 1. The van der Waals surface area contributed by atoms with E-state index in [2.05, 4.69) is 10.2 Å². The fraction of sp³-hybridized carbons (Fsp3) is 0.375. The average Bonchev–Trinajstić information content (AvgIpc) is 3.57. The lowest BCUT2D eigenvalue weighted by Gasteiger charge is -2.26. The first-order chi connectivity index (χ1) is 16.1. The number of rotatable bonds is 8. The van der Waals surface area contributed by atoms with Crippen molar-refractivity contribution in [3.05, 3.63) is 71.8 Å². The van der Waals surface area contributed by atoms with Crippen molar-refractivity contribution in [2.45, 2.75) is 38.1 Å². The summed E-state index contributed by atoms with van der Waals surface area (Å²) in [4.78, 5) is 6.89. The zero-order chi connectivity index (χ0) is 22.8. The highest BCUT2D eigenvalue weighted by Crippen LogP contribution is 2.37. The van der Waals surface area contributed by atoms with Gasteiger partial charge in [0.05, 0.1) is 18.4 Å². The number of ether oxygens (including phenoxy) is 1. The van der Waals surface area contributed by atoms with Gasteiger partial charge in [0.15, 0.2) is 5.65 Å². The van der Waals surface area contributed by atoms with Crippen molar-refractivity contribution in [3.63, 3.8) is 0 Å². The van der Waals surface area contributed by atoms with E-state index in [1.807, 2.05) is 29.6 Å². The van der Waals surface area contributed by atoms with Crippen LogP contribution in [0.25, 0.3) is 11.3 Å². The van der Waals surface area contributed by atoms with Crippen molar-refractivity contribution in [1.82, 2.24) is 24.4 Å². The molecule has 0 N–H and O–H groups in total. The van der Waals surface area contributed by atoms with Crippen LogP contribution >= 0.6 is 0 Å². The molecule has 9 heteroatoms. The first-order valence-corrected chi connectivity index (χ1v) is 11.2. The van der Waals surface area contributed by atoms with E-state index < -0.39 is 11.6 Å². The van der Waals surface area contributed by atoms with Crippen LogP contribution in [-0.4, -0.2) is 44.6 Å². The monoisotopic (exact) mass is 452 g/mol. The summed E-state index contributed by atoms with van der Waals surface area (Å²) in [6.07, 6.45) is 12.0. The predicted molar refractivity (Wildman–Crippen MR) is 121 cm³/mol. The summed E-state index contributed by atoms with van der Waals surface area (Å²) in [7, 11) is 1.71. The highest BCUT2D eigenvalue weighted by atomic mass is 19.1. The van der Waals surface area contributed by atoms with Gasteiger partial charge in [-0.3, -0.25) is 0 Å². The summed E-state index contributed by atoms with van der Waals surface area (Å²) < 4.78 is 36.9. The van der Waals surface area contributed by atoms with Crippen LogP contribution in [0.5, 0.6) is 0 Å². The van der Waals surface area contributed by atoms with Crippen molar-refractivity contribution in [2.75, 3.05) is 25.2 Å². The SMILES string of the molecule is COCCCCc1cnn(-c2cnn3ccc(N4CCC[C@@H]4c4cc(F)ccc4F)nc23)c1. The van der Waals surface area contributed by atoms with Gasteiger partial charge >= 0.3 is 0 Å². The Morgan fingerprint density at radius 2 is 2.03 bits per heavy atom. The molecule has 1 fully saturated rings. The van der Waals surface area contributed by atoms with Crippen LogP contribution in [0, 0.1) is 11.6 Å². The summed E-state index contributed by atoms with van der Waals surface area (Å²) in [5.41, 5.74) is 2.94.